The zero-order valence-corrected chi connectivity index (χ0v) is 7.83. The summed E-state index contributed by atoms with van der Waals surface area (Å²) in [5.41, 5.74) is 0.0902. The van der Waals surface area contributed by atoms with Gasteiger partial charge < -0.3 is 10.2 Å². The second kappa shape index (κ2) is 4.39. The number of carbonyl (C=O) groups is 1. The fraction of sp³-hybridized carbons (Fsp3) is 0.222. The first kappa shape index (κ1) is 10.9. The number of hydrogen-bond donors (Lipinski definition) is 2. The molecule has 2 N–H and O–H groups in total. The van der Waals surface area contributed by atoms with E-state index in [1.165, 1.54) is 18.2 Å². The Morgan fingerprint density at radius 2 is 2.21 bits per heavy atom. The molecule has 0 fully saturated rings. The van der Waals surface area contributed by atoms with Crippen LogP contribution in [0.15, 0.2) is 18.2 Å². The van der Waals surface area contributed by atoms with Gasteiger partial charge in [-0.05, 0) is 11.6 Å². The third-order valence-corrected chi connectivity index (χ3v) is 2.02. The monoisotopic (exact) mass is 218 g/mol. The molecule has 0 amide bonds. The lowest BCUT2D eigenvalue weighted by Gasteiger charge is -2.06. The average molecular weight is 219 g/mol. The molecular formula is C9H8ClFO3. The maximum atomic E-state index is 13.2. The number of rotatable bonds is 3. The molecule has 1 aromatic carbocycles. The summed E-state index contributed by atoms with van der Waals surface area (Å²) in [6.07, 6.45) is -1.90. The minimum Gasteiger partial charge on any atom is -0.479 e. The van der Waals surface area contributed by atoms with Crippen molar-refractivity contribution in [3.05, 3.63) is 34.6 Å². The van der Waals surface area contributed by atoms with Crippen molar-refractivity contribution in [2.24, 2.45) is 0 Å². The van der Waals surface area contributed by atoms with Gasteiger partial charge in [-0.25, -0.2) is 9.18 Å². The Hall–Kier alpha value is -1.13. The highest BCUT2D eigenvalue weighted by atomic mass is 35.5. The largest absolute Gasteiger partial charge is 0.479 e. The third kappa shape index (κ3) is 2.43. The zero-order chi connectivity index (χ0) is 10.7. The lowest BCUT2D eigenvalue weighted by Crippen LogP contribution is -2.22. The van der Waals surface area contributed by atoms with Gasteiger partial charge in [0, 0.05) is 6.42 Å². The molecule has 0 heterocycles. The van der Waals surface area contributed by atoms with E-state index >= 15 is 0 Å². The predicted molar refractivity (Wildman–Crippen MR) is 48.8 cm³/mol. The van der Waals surface area contributed by atoms with Crippen LogP contribution in [0.4, 0.5) is 4.39 Å². The van der Waals surface area contributed by atoms with Gasteiger partial charge in [-0.15, -0.1) is 0 Å². The molecule has 0 aromatic heterocycles. The van der Waals surface area contributed by atoms with Crippen LogP contribution in [0.5, 0.6) is 0 Å². The molecule has 1 aromatic rings. The van der Waals surface area contributed by atoms with Crippen molar-refractivity contribution in [1.82, 2.24) is 0 Å². The van der Waals surface area contributed by atoms with E-state index in [9.17, 15) is 9.18 Å². The minimum atomic E-state index is -1.61. The van der Waals surface area contributed by atoms with Crippen LogP contribution >= 0.6 is 11.6 Å². The first-order chi connectivity index (χ1) is 6.52. The quantitative estimate of drug-likeness (QED) is 0.808. The van der Waals surface area contributed by atoms with Gasteiger partial charge in [0.25, 0.3) is 0 Å². The van der Waals surface area contributed by atoms with Crippen molar-refractivity contribution < 1.29 is 19.4 Å². The Morgan fingerprint density at radius 3 is 2.79 bits per heavy atom. The topological polar surface area (TPSA) is 57.5 Å². The smallest absolute Gasteiger partial charge is 0.332 e. The first-order valence-electron chi connectivity index (χ1n) is 3.86. The number of aliphatic carboxylic acids is 1. The minimum absolute atomic E-state index is 0.0833. The molecule has 76 valence electrons. The molecule has 0 aliphatic rings. The molecule has 1 rings (SSSR count). The summed E-state index contributed by atoms with van der Waals surface area (Å²) in [4.78, 5) is 10.3. The van der Waals surface area contributed by atoms with Crippen LogP contribution in [-0.2, 0) is 11.2 Å². The summed E-state index contributed by atoms with van der Waals surface area (Å²) < 4.78 is 13.2. The van der Waals surface area contributed by atoms with Gasteiger partial charge in [-0.1, -0.05) is 23.7 Å². The molecule has 0 aliphatic heterocycles. The van der Waals surface area contributed by atoms with Crippen molar-refractivity contribution in [2.75, 3.05) is 0 Å². The first-order valence-corrected chi connectivity index (χ1v) is 4.24. The summed E-state index contributed by atoms with van der Waals surface area (Å²) in [7, 11) is 0. The third-order valence-electron chi connectivity index (χ3n) is 1.73. The normalized spacial score (nSPS) is 12.5. The van der Waals surface area contributed by atoms with Crippen molar-refractivity contribution in [2.45, 2.75) is 12.5 Å². The highest BCUT2D eigenvalue weighted by Gasteiger charge is 2.16. The highest BCUT2D eigenvalue weighted by molar-refractivity contribution is 6.30. The number of benzene rings is 1. The average Bonchev–Trinajstić information content (AvgIpc) is 2.12. The molecule has 5 heteroatoms. The van der Waals surface area contributed by atoms with E-state index in [0.717, 1.165) is 0 Å². The van der Waals surface area contributed by atoms with Crippen molar-refractivity contribution >= 4 is 17.6 Å². The number of hydrogen-bond acceptors (Lipinski definition) is 2. The molecule has 0 saturated carbocycles. The molecule has 0 saturated heterocycles. The van der Waals surface area contributed by atoms with E-state index in [-0.39, 0.29) is 17.0 Å². The Labute approximate surface area is 84.7 Å². The second-order valence-electron chi connectivity index (χ2n) is 2.77. The number of halogens is 2. The van der Waals surface area contributed by atoms with Crippen LogP contribution in [0, 0.1) is 5.82 Å². The standard InChI is InChI=1S/C9H8ClFO3/c10-6-3-1-2-5(8(6)11)4-7(12)9(13)14/h1-3,7,12H,4H2,(H,13,14). The second-order valence-corrected chi connectivity index (χ2v) is 3.18. The van der Waals surface area contributed by atoms with E-state index in [1.54, 1.807) is 0 Å². The zero-order valence-electron chi connectivity index (χ0n) is 7.08. The van der Waals surface area contributed by atoms with Crippen molar-refractivity contribution in [1.29, 1.82) is 0 Å². The van der Waals surface area contributed by atoms with Gasteiger partial charge in [0.15, 0.2) is 6.10 Å². The molecule has 0 spiro atoms. The molecule has 0 radical (unpaired) electrons. The number of aliphatic hydroxyl groups excluding tert-OH is 1. The lowest BCUT2D eigenvalue weighted by molar-refractivity contribution is -0.146. The van der Waals surface area contributed by atoms with Crippen LogP contribution in [0.3, 0.4) is 0 Å². The predicted octanol–water partition coefficient (Wildman–Crippen LogP) is 1.47. The molecule has 0 aliphatic carbocycles. The fourth-order valence-corrected chi connectivity index (χ4v) is 1.20. The molecular weight excluding hydrogens is 211 g/mol. The van der Waals surface area contributed by atoms with E-state index in [4.69, 9.17) is 21.8 Å². The van der Waals surface area contributed by atoms with Gasteiger partial charge in [0.05, 0.1) is 5.02 Å². The van der Waals surface area contributed by atoms with Gasteiger partial charge >= 0.3 is 5.97 Å². The summed E-state index contributed by atoms with van der Waals surface area (Å²) in [6.45, 7) is 0. The molecule has 0 bridgehead atoms. The van der Waals surface area contributed by atoms with E-state index < -0.39 is 17.9 Å². The summed E-state index contributed by atoms with van der Waals surface area (Å²) in [5.74, 6) is -2.07. The molecule has 1 atom stereocenters. The van der Waals surface area contributed by atoms with E-state index in [2.05, 4.69) is 0 Å². The van der Waals surface area contributed by atoms with Gasteiger partial charge in [-0.2, -0.15) is 0 Å². The van der Waals surface area contributed by atoms with Gasteiger partial charge in [0.1, 0.15) is 5.82 Å². The summed E-state index contributed by atoms with van der Waals surface area (Å²) >= 11 is 5.47. The van der Waals surface area contributed by atoms with Gasteiger partial charge in [0.2, 0.25) is 0 Å². The maximum absolute atomic E-state index is 13.2. The van der Waals surface area contributed by atoms with E-state index in [1.807, 2.05) is 0 Å². The number of aliphatic hydroxyl groups is 1. The Morgan fingerprint density at radius 1 is 1.57 bits per heavy atom. The SMILES string of the molecule is O=C(O)C(O)Cc1cccc(Cl)c1F. The highest BCUT2D eigenvalue weighted by Crippen LogP contribution is 2.18. The van der Waals surface area contributed by atoms with Crippen LogP contribution in [0.1, 0.15) is 5.56 Å². The summed E-state index contributed by atoms with van der Waals surface area (Å²) in [6, 6.07) is 4.23. The van der Waals surface area contributed by atoms with Crippen LogP contribution in [0.25, 0.3) is 0 Å². The van der Waals surface area contributed by atoms with Crippen molar-refractivity contribution in [3.63, 3.8) is 0 Å². The van der Waals surface area contributed by atoms with E-state index in [0.29, 0.717) is 0 Å². The molecule has 14 heavy (non-hydrogen) atoms. The Balaban J connectivity index is 2.87. The van der Waals surface area contributed by atoms with Crippen LogP contribution in [0.2, 0.25) is 5.02 Å². The molecule has 1 unspecified atom stereocenters. The Bertz CT molecular complexity index is 354. The fourth-order valence-electron chi connectivity index (χ4n) is 1.00. The lowest BCUT2D eigenvalue weighted by atomic mass is 10.1. The number of carboxylic acids is 1. The van der Waals surface area contributed by atoms with Gasteiger partial charge in [-0.3, -0.25) is 0 Å². The van der Waals surface area contributed by atoms with Crippen molar-refractivity contribution in [3.8, 4) is 0 Å². The van der Waals surface area contributed by atoms with Crippen LogP contribution < -0.4 is 0 Å². The van der Waals surface area contributed by atoms with Crippen LogP contribution in [-0.4, -0.2) is 22.3 Å². The Kier molecular flexibility index (Phi) is 3.43. The molecule has 3 nitrogen and oxygen atoms in total. The number of carboxylic acid groups (broad SMARTS) is 1. The maximum Gasteiger partial charge on any atom is 0.332 e. The summed E-state index contributed by atoms with van der Waals surface area (Å²) in [5, 5.41) is 17.3.